The zero-order valence-corrected chi connectivity index (χ0v) is 11.6. The van der Waals surface area contributed by atoms with Crippen molar-refractivity contribution in [1.29, 1.82) is 0 Å². The predicted octanol–water partition coefficient (Wildman–Crippen LogP) is 0.952. The van der Waals surface area contributed by atoms with Gasteiger partial charge < -0.3 is 10.5 Å². The van der Waals surface area contributed by atoms with E-state index < -0.39 is 9.84 Å². The van der Waals surface area contributed by atoms with E-state index in [4.69, 9.17) is 10.5 Å². The maximum Gasteiger partial charge on any atom is 0.148 e. The Morgan fingerprint density at radius 3 is 2.19 bits per heavy atom. The van der Waals surface area contributed by atoms with Crippen LogP contribution in [0, 0.1) is 5.92 Å². The molecule has 1 aliphatic heterocycles. The quantitative estimate of drug-likeness (QED) is 0.808. The Bertz CT molecular complexity index is 359. The molecule has 2 unspecified atom stereocenters. The van der Waals surface area contributed by atoms with Gasteiger partial charge in [-0.1, -0.05) is 0 Å². The van der Waals surface area contributed by atoms with Crippen LogP contribution in [-0.4, -0.2) is 37.7 Å². The molecule has 2 N–H and O–H groups in total. The molecular formula is C11H23NO3S. The van der Waals surface area contributed by atoms with E-state index in [1.54, 1.807) is 0 Å². The molecule has 5 heteroatoms. The first-order chi connectivity index (χ1) is 6.93. The Morgan fingerprint density at radius 1 is 1.38 bits per heavy atom. The molecule has 96 valence electrons. The van der Waals surface area contributed by atoms with Crippen LogP contribution in [0.25, 0.3) is 0 Å². The third-order valence-electron chi connectivity index (χ3n) is 3.16. The highest BCUT2D eigenvalue weighted by atomic mass is 32.2. The van der Waals surface area contributed by atoms with Gasteiger partial charge in [0.15, 0.2) is 0 Å². The molecule has 1 saturated heterocycles. The van der Waals surface area contributed by atoms with Crippen molar-refractivity contribution in [3.05, 3.63) is 0 Å². The number of hydrogen-bond donors (Lipinski definition) is 1. The van der Waals surface area contributed by atoms with E-state index in [1.165, 1.54) is 6.26 Å². The lowest BCUT2D eigenvalue weighted by atomic mass is 9.83. The normalized spacial score (nSPS) is 30.2. The minimum absolute atomic E-state index is 0.0283. The molecule has 0 aromatic heterocycles. The topological polar surface area (TPSA) is 69.4 Å². The van der Waals surface area contributed by atoms with Crippen LogP contribution in [0.1, 0.15) is 34.1 Å². The highest BCUT2D eigenvalue weighted by molar-refractivity contribution is 7.90. The zero-order chi connectivity index (χ0) is 12.8. The molecule has 0 amide bonds. The Kier molecular flexibility index (Phi) is 3.45. The van der Waals surface area contributed by atoms with Crippen LogP contribution in [0.3, 0.4) is 0 Å². The van der Waals surface area contributed by atoms with Crippen molar-refractivity contribution in [1.82, 2.24) is 0 Å². The predicted molar refractivity (Wildman–Crippen MR) is 65.0 cm³/mol. The van der Waals surface area contributed by atoms with E-state index in [-0.39, 0.29) is 28.9 Å². The summed E-state index contributed by atoms with van der Waals surface area (Å²) < 4.78 is 28.4. The highest BCUT2D eigenvalue weighted by Crippen LogP contribution is 2.43. The van der Waals surface area contributed by atoms with Crippen LogP contribution >= 0.6 is 0 Å². The molecule has 0 aliphatic carbocycles. The SMILES string of the molecule is CC1(C)CC(C(N)CS(C)(=O)=O)C(C)(C)O1. The summed E-state index contributed by atoms with van der Waals surface area (Å²) in [4.78, 5) is 0. The Labute approximate surface area is 98.5 Å². The summed E-state index contributed by atoms with van der Waals surface area (Å²) in [5.74, 6) is 0.109. The molecular weight excluding hydrogens is 226 g/mol. The summed E-state index contributed by atoms with van der Waals surface area (Å²) >= 11 is 0. The first kappa shape index (κ1) is 13.9. The van der Waals surface area contributed by atoms with E-state index in [0.29, 0.717) is 0 Å². The Hall–Kier alpha value is -0.130. The van der Waals surface area contributed by atoms with Crippen LogP contribution < -0.4 is 5.73 Å². The van der Waals surface area contributed by atoms with Gasteiger partial charge in [-0.15, -0.1) is 0 Å². The van der Waals surface area contributed by atoms with Crippen LogP contribution in [0.15, 0.2) is 0 Å². The van der Waals surface area contributed by atoms with E-state index in [9.17, 15) is 8.42 Å². The van der Waals surface area contributed by atoms with Gasteiger partial charge in [-0.25, -0.2) is 8.42 Å². The second kappa shape index (κ2) is 3.96. The molecule has 1 heterocycles. The Balaban J connectivity index is 2.81. The summed E-state index contributed by atoms with van der Waals surface area (Å²) in [6.45, 7) is 7.99. The van der Waals surface area contributed by atoms with Gasteiger partial charge in [0.2, 0.25) is 0 Å². The lowest BCUT2D eigenvalue weighted by Crippen LogP contribution is -2.44. The fourth-order valence-electron chi connectivity index (χ4n) is 2.74. The molecule has 1 rings (SSSR count). The van der Waals surface area contributed by atoms with Crippen LogP contribution in [0.5, 0.6) is 0 Å². The monoisotopic (exact) mass is 249 g/mol. The van der Waals surface area contributed by atoms with E-state index >= 15 is 0 Å². The van der Waals surface area contributed by atoms with Crippen molar-refractivity contribution >= 4 is 9.84 Å². The maximum atomic E-state index is 11.2. The second-order valence-corrected chi connectivity index (χ2v) is 8.22. The molecule has 0 saturated carbocycles. The number of sulfone groups is 1. The summed E-state index contributed by atoms with van der Waals surface area (Å²) in [6.07, 6.45) is 2.03. The smallest absolute Gasteiger partial charge is 0.148 e. The van der Waals surface area contributed by atoms with Gasteiger partial charge in [0.1, 0.15) is 9.84 Å². The molecule has 0 radical (unpaired) electrons. The molecule has 16 heavy (non-hydrogen) atoms. The van der Waals surface area contributed by atoms with Crippen molar-refractivity contribution in [2.45, 2.75) is 51.4 Å². The molecule has 4 nitrogen and oxygen atoms in total. The second-order valence-electron chi connectivity index (χ2n) is 6.03. The van der Waals surface area contributed by atoms with Gasteiger partial charge in [-0.3, -0.25) is 0 Å². The van der Waals surface area contributed by atoms with Crippen molar-refractivity contribution in [2.24, 2.45) is 11.7 Å². The molecule has 0 aromatic rings. The summed E-state index contributed by atoms with van der Waals surface area (Å²) in [7, 11) is -3.03. The first-order valence-corrected chi connectivity index (χ1v) is 7.62. The largest absolute Gasteiger partial charge is 0.369 e. The van der Waals surface area contributed by atoms with Crippen LogP contribution in [-0.2, 0) is 14.6 Å². The number of hydrogen-bond acceptors (Lipinski definition) is 4. The zero-order valence-electron chi connectivity index (χ0n) is 10.8. The molecule has 0 aromatic carbocycles. The molecule has 0 bridgehead atoms. The number of nitrogens with two attached hydrogens (primary N) is 1. The van der Waals surface area contributed by atoms with Gasteiger partial charge in [0, 0.05) is 18.2 Å². The molecule has 1 aliphatic rings. The fourth-order valence-corrected chi connectivity index (χ4v) is 3.67. The van der Waals surface area contributed by atoms with Crippen molar-refractivity contribution in [3.63, 3.8) is 0 Å². The lowest BCUT2D eigenvalue weighted by Gasteiger charge is -2.30. The lowest BCUT2D eigenvalue weighted by molar-refractivity contribution is -0.0759. The molecule has 1 fully saturated rings. The number of ether oxygens (including phenoxy) is 1. The summed E-state index contributed by atoms with van der Waals surface area (Å²) in [6, 6.07) is -0.355. The van der Waals surface area contributed by atoms with Crippen molar-refractivity contribution in [3.8, 4) is 0 Å². The molecule has 2 atom stereocenters. The average Bonchev–Trinajstić information content (AvgIpc) is 2.14. The van der Waals surface area contributed by atoms with Gasteiger partial charge in [-0.05, 0) is 34.1 Å². The van der Waals surface area contributed by atoms with Gasteiger partial charge >= 0.3 is 0 Å². The van der Waals surface area contributed by atoms with Gasteiger partial charge in [0.25, 0.3) is 0 Å². The van der Waals surface area contributed by atoms with Crippen LogP contribution in [0.2, 0.25) is 0 Å². The average molecular weight is 249 g/mol. The summed E-state index contributed by atoms with van der Waals surface area (Å²) in [5, 5.41) is 0. The van der Waals surface area contributed by atoms with E-state index in [2.05, 4.69) is 0 Å². The van der Waals surface area contributed by atoms with Crippen LogP contribution in [0.4, 0.5) is 0 Å². The Morgan fingerprint density at radius 2 is 1.88 bits per heavy atom. The number of rotatable bonds is 3. The first-order valence-electron chi connectivity index (χ1n) is 5.56. The van der Waals surface area contributed by atoms with Gasteiger partial charge in [0.05, 0.1) is 17.0 Å². The van der Waals surface area contributed by atoms with Crippen molar-refractivity contribution < 1.29 is 13.2 Å². The van der Waals surface area contributed by atoms with E-state index in [1.807, 2.05) is 27.7 Å². The van der Waals surface area contributed by atoms with Gasteiger partial charge in [-0.2, -0.15) is 0 Å². The van der Waals surface area contributed by atoms with E-state index in [0.717, 1.165) is 6.42 Å². The third kappa shape index (κ3) is 3.43. The summed E-state index contributed by atoms with van der Waals surface area (Å²) in [5.41, 5.74) is 5.43. The minimum Gasteiger partial charge on any atom is -0.369 e. The minimum atomic E-state index is -3.03. The fraction of sp³-hybridized carbons (Fsp3) is 1.00. The van der Waals surface area contributed by atoms with Crippen molar-refractivity contribution in [2.75, 3.05) is 12.0 Å². The maximum absolute atomic E-state index is 11.2. The standard InChI is InChI=1S/C11H23NO3S/c1-10(2)6-8(11(3,4)15-10)9(12)7-16(5,13)14/h8-9H,6-7,12H2,1-5H3. The molecule has 0 spiro atoms. The third-order valence-corrected chi connectivity index (χ3v) is 4.15. The highest BCUT2D eigenvalue weighted by Gasteiger charge is 2.48.